The van der Waals surface area contributed by atoms with Gasteiger partial charge in [0.25, 0.3) is 0 Å². The molecule has 0 spiro atoms. The third kappa shape index (κ3) is 1.73. The number of carbonyl (C=O) groups excluding carboxylic acids is 1. The summed E-state index contributed by atoms with van der Waals surface area (Å²) in [5.41, 5.74) is 0.332. The van der Waals surface area contributed by atoms with E-state index in [-0.39, 0.29) is 5.54 Å². The molecule has 4 rings (SSSR count). The summed E-state index contributed by atoms with van der Waals surface area (Å²) in [7, 11) is 0. The Labute approximate surface area is 107 Å². The molecule has 0 aromatic carbocycles. The summed E-state index contributed by atoms with van der Waals surface area (Å²) in [5, 5.41) is 11.6. The SMILES string of the molecule is CC12CC3CC(C)(C1)CC(NC(=O)C(=O)O)(C3)C2. The van der Waals surface area contributed by atoms with Gasteiger partial charge in [0.2, 0.25) is 0 Å². The zero-order chi connectivity index (χ0) is 13.2. The van der Waals surface area contributed by atoms with Crippen molar-refractivity contribution < 1.29 is 14.7 Å². The maximum Gasteiger partial charge on any atom is 0.394 e. The Hall–Kier alpha value is -1.06. The lowest BCUT2D eigenvalue weighted by Gasteiger charge is -2.65. The molecule has 2 atom stereocenters. The Kier molecular flexibility index (Phi) is 2.19. The largest absolute Gasteiger partial charge is 0.474 e. The van der Waals surface area contributed by atoms with E-state index in [9.17, 15) is 9.59 Å². The number of amides is 1. The van der Waals surface area contributed by atoms with Crippen LogP contribution in [0.3, 0.4) is 0 Å². The zero-order valence-corrected chi connectivity index (χ0v) is 11.1. The summed E-state index contributed by atoms with van der Waals surface area (Å²) < 4.78 is 0. The first-order valence-corrected chi connectivity index (χ1v) is 6.79. The highest BCUT2D eigenvalue weighted by molar-refractivity contribution is 6.31. The maximum atomic E-state index is 11.5. The van der Waals surface area contributed by atoms with Crippen molar-refractivity contribution in [1.29, 1.82) is 0 Å². The van der Waals surface area contributed by atoms with Crippen molar-refractivity contribution in [3.8, 4) is 0 Å². The third-order valence-electron chi connectivity index (χ3n) is 5.20. The van der Waals surface area contributed by atoms with Gasteiger partial charge in [0.15, 0.2) is 0 Å². The fourth-order valence-corrected chi connectivity index (χ4v) is 5.88. The highest BCUT2D eigenvalue weighted by Gasteiger charge is 2.60. The van der Waals surface area contributed by atoms with Gasteiger partial charge in [-0.25, -0.2) is 4.79 Å². The monoisotopic (exact) mass is 251 g/mol. The van der Waals surface area contributed by atoms with Crippen molar-refractivity contribution in [2.75, 3.05) is 0 Å². The first kappa shape index (κ1) is 12.0. The van der Waals surface area contributed by atoms with E-state index in [0.717, 1.165) is 19.3 Å². The number of hydrogen-bond acceptors (Lipinski definition) is 2. The molecule has 1 amide bonds. The molecule has 0 aromatic rings. The zero-order valence-electron chi connectivity index (χ0n) is 11.1. The Morgan fingerprint density at radius 2 is 1.61 bits per heavy atom. The molecule has 4 aliphatic carbocycles. The number of carbonyl (C=O) groups is 2. The van der Waals surface area contributed by atoms with Crippen LogP contribution in [0.4, 0.5) is 0 Å². The second-order valence-corrected chi connectivity index (χ2v) is 7.67. The van der Waals surface area contributed by atoms with E-state index in [4.69, 9.17) is 5.11 Å². The summed E-state index contributed by atoms with van der Waals surface area (Å²) in [5.74, 6) is -1.53. The molecule has 0 radical (unpaired) electrons. The molecule has 0 saturated heterocycles. The molecule has 2 N–H and O–H groups in total. The van der Waals surface area contributed by atoms with Crippen LogP contribution in [0.5, 0.6) is 0 Å². The molecular formula is C14H21NO3. The molecule has 4 bridgehead atoms. The molecule has 18 heavy (non-hydrogen) atoms. The van der Waals surface area contributed by atoms with Gasteiger partial charge in [-0.15, -0.1) is 0 Å². The normalized spacial score (nSPS) is 49.1. The van der Waals surface area contributed by atoms with Gasteiger partial charge < -0.3 is 10.4 Å². The van der Waals surface area contributed by atoms with Crippen LogP contribution in [0.15, 0.2) is 0 Å². The Morgan fingerprint density at radius 1 is 1.06 bits per heavy atom. The summed E-state index contributed by atoms with van der Waals surface area (Å²) in [6.07, 6.45) is 6.58. The van der Waals surface area contributed by atoms with E-state index in [2.05, 4.69) is 19.2 Å². The molecule has 0 aliphatic heterocycles. The van der Waals surface area contributed by atoms with Crippen LogP contribution in [-0.4, -0.2) is 22.5 Å². The number of carboxylic acid groups (broad SMARTS) is 1. The number of hydrogen-bond donors (Lipinski definition) is 2. The minimum absolute atomic E-state index is 0.252. The number of nitrogens with one attached hydrogen (secondary N) is 1. The van der Waals surface area contributed by atoms with Gasteiger partial charge in [0.05, 0.1) is 0 Å². The molecule has 4 aliphatic rings. The fourth-order valence-electron chi connectivity index (χ4n) is 5.88. The minimum Gasteiger partial charge on any atom is -0.474 e. The first-order valence-electron chi connectivity index (χ1n) is 6.79. The summed E-state index contributed by atoms with van der Waals surface area (Å²) in [6, 6.07) is 0. The highest BCUT2D eigenvalue weighted by Crippen LogP contribution is 2.66. The highest BCUT2D eigenvalue weighted by atomic mass is 16.4. The predicted octanol–water partition coefficient (Wildman–Crippen LogP) is 1.94. The lowest BCUT2D eigenvalue weighted by atomic mass is 9.43. The smallest absolute Gasteiger partial charge is 0.394 e. The van der Waals surface area contributed by atoms with Crippen LogP contribution in [0.25, 0.3) is 0 Å². The van der Waals surface area contributed by atoms with E-state index in [1.807, 2.05) is 0 Å². The van der Waals surface area contributed by atoms with Crippen molar-refractivity contribution in [2.45, 2.75) is 57.9 Å². The Balaban J connectivity index is 1.89. The maximum absolute atomic E-state index is 11.5. The van der Waals surface area contributed by atoms with Crippen LogP contribution in [0, 0.1) is 16.7 Å². The summed E-state index contributed by atoms with van der Waals surface area (Å²) >= 11 is 0. The fraction of sp³-hybridized carbons (Fsp3) is 0.857. The second-order valence-electron chi connectivity index (χ2n) is 7.67. The van der Waals surface area contributed by atoms with E-state index < -0.39 is 11.9 Å². The molecule has 100 valence electrons. The van der Waals surface area contributed by atoms with Gasteiger partial charge in [-0.05, 0) is 55.3 Å². The van der Waals surface area contributed by atoms with Crippen molar-refractivity contribution in [3.05, 3.63) is 0 Å². The van der Waals surface area contributed by atoms with Crippen LogP contribution < -0.4 is 5.32 Å². The number of aliphatic carboxylic acids is 1. The van der Waals surface area contributed by atoms with Gasteiger partial charge in [0.1, 0.15) is 0 Å². The van der Waals surface area contributed by atoms with Crippen molar-refractivity contribution in [1.82, 2.24) is 5.32 Å². The van der Waals surface area contributed by atoms with Crippen LogP contribution >= 0.6 is 0 Å². The molecule has 4 fully saturated rings. The first-order chi connectivity index (χ1) is 8.23. The van der Waals surface area contributed by atoms with Crippen LogP contribution in [0.2, 0.25) is 0 Å². The lowest BCUT2D eigenvalue weighted by Crippen LogP contribution is -2.65. The average molecular weight is 251 g/mol. The molecule has 2 unspecified atom stereocenters. The van der Waals surface area contributed by atoms with Gasteiger partial charge in [0, 0.05) is 5.54 Å². The Morgan fingerprint density at radius 3 is 2.06 bits per heavy atom. The second kappa shape index (κ2) is 3.28. The quantitative estimate of drug-likeness (QED) is 0.700. The molecular weight excluding hydrogens is 230 g/mol. The van der Waals surface area contributed by atoms with Crippen molar-refractivity contribution in [3.63, 3.8) is 0 Å². The summed E-state index contributed by atoms with van der Waals surface area (Å²) in [4.78, 5) is 22.3. The van der Waals surface area contributed by atoms with E-state index in [1.54, 1.807) is 0 Å². The molecule has 4 heteroatoms. The van der Waals surface area contributed by atoms with E-state index >= 15 is 0 Å². The standard InChI is InChI=1S/C14H21NO3/c1-12-3-9-4-13(2,6-12)8-14(5-9,7-12)15-10(16)11(17)18/h9H,3-8H2,1-2H3,(H,15,16)(H,17,18). The molecule has 4 nitrogen and oxygen atoms in total. The van der Waals surface area contributed by atoms with Crippen molar-refractivity contribution >= 4 is 11.9 Å². The van der Waals surface area contributed by atoms with Gasteiger partial charge >= 0.3 is 11.9 Å². The topological polar surface area (TPSA) is 66.4 Å². The predicted molar refractivity (Wildman–Crippen MR) is 65.9 cm³/mol. The minimum atomic E-state index is -1.36. The van der Waals surface area contributed by atoms with Crippen LogP contribution in [0.1, 0.15) is 52.4 Å². The van der Waals surface area contributed by atoms with Gasteiger partial charge in [-0.3, -0.25) is 4.79 Å². The van der Waals surface area contributed by atoms with Gasteiger partial charge in [-0.2, -0.15) is 0 Å². The summed E-state index contributed by atoms with van der Waals surface area (Å²) in [6.45, 7) is 4.61. The molecule has 0 aromatic heterocycles. The third-order valence-corrected chi connectivity index (χ3v) is 5.20. The number of carboxylic acids is 1. The Bertz CT molecular complexity index is 413. The average Bonchev–Trinajstić information content (AvgIpc) is 2.09. The number of rotatable bonds is 1. The van der Waals surface area contributed by atoms with Gasteiger partial charge in [-0.1, -0.05) is 13.8 Å². The van der Waals surface area contributed by atoms with E-state index in [0.29, 0.717) is 16.7 Å². The van der Waals surface area contributed by atoms with Crippen molar-refractivity contribution in [2.24, 2.45) is 16.7 Å². The molecule has 0 heterocycles. The van der Waals surface area contributed by atoms with E-state index in [1.165, 1.54) is 19.3 Å². The lowest BCUT2D eigenvalue weighted by molar-refractivity contribution is -0.157. The molecule has 4 saturated carbocycles. The van der Waals surface area contributed by atoms with Crippen LogP contribution in [-0.2, 0) is 9.59 Å².